The van der Waals surface area contributed by atoms with E-state index in [9.17, 15) is 0 Å². The second-order valence-electron chi connectivity index (χ2n) is 5.71. The summed E-state index contributed by atoms with van der Waals surface area (Å²) in [5.41, 5.74) is 1.45. The van der Waals surface area contributed by atoms with Crippen LogP contribution in [0, 0.1) is 0 Å². The van der Waals surface area contributed by atoms with Crippen LogP contribution in [0.1, 0.15) is 50.0 Å². The second kappa shape index (κ2) is 5.22. The molecule has 0 bridgehead atoms. The van der Waals surface area contributed by atoms with Gasteiger partial charge in [0.05, 0.1) is 5.60 Å². The lowest BCUT2D eigenvalue weighted by molar-refractivity contribution is -0.112. The molecule has 0 radical (unpaired) electrons. The summed E-state index contributed by atoms with van der Waals surface area (Å²) >= 11 is 6.41. The van der Waals surface area contributed by atoms with Gasteiger partial charge in [0.2, 0.25) is 0 Å². The van der Waals surface area contributed by atoms with Gasteiger partial charge in [-0.15, -0.1) is 11.6 Å². The molecule has 1 aromatic rings. The van der Waals surface area contributed by atoms with Crippen molar-refractivity contribution >= 4 is 11.6 Å². The van der Waals surface area contributed by atoms with Crippen LogP contribution in [0.4, 0.5) is 0 Å². The molecule has 3 rings (SSSR count). The molecule has 1 nitrogen and oxygen atoms in total. The number of halogens is 1. The average molecular weight is 265 g/mol. The van der Waals surface area contributed by atoms with E-state index in [0.717, 1.165) is 19.4 Å². The minimum Gasteiger partial charge on any atom is -0.374 e. The van der Waals surface area contributed by atoms with Gasteiger partial charge in [-0.1, -0.05) is 43.2 Å². The van der Waals surface area contributed by atoms with Crippen LogP contribution in [0.3, 0.4) is 0 Å². The predicted octanol–water partition coefficient (Wildman–Crippen LogP) is 4.50. The van der Waals surface area contributed by atoms with Gasteiger partial charge in [0.25, 0.3) is 0 Å². The molecule has 98 valence electrons. The molecular formula is C16H21ClO. The molecule has 18 heavy (non-hydrogen) atoms. The highest BCUT2D eigenvalue weighted by atomic mass is 35.5. The summed E-state index contributed by atoms with van der Waals surface area (Å²) in [5, 5.41) is 0.295. The van der Waals surface area contributed by atoms with E-state index in [-0.39, 0.29) is 5.60 Å². The molecule has 1 aliphatic heterocycles. The third kappa shape index (κ3) is 2.31. The van der Waals surface area contributed by atoms with Crippen molar-refractivity contribution in [3.63, 3.8) is 0 Å². The zero-order valence-corrected chi connectivity index (χ0v) is 11.5. The van der Waals surface area contributed by atoms with Crippen molar-refractivity contribution in [3.8, 4) is 0 Å². The first-order valence-electron chi connectivity index (χ1n) is 7.13. The molecule has 1 saturated carbocycles. The number of rotatable bonds is 1. The van der Waals surface area contributed by atoms with Crippen molar-refractivity contribution in [1.29, 1.82) is 0 Å². The molecule has 3 unspecified atom stereocenters. The van der Waals surface area contributed by atoms with Gasteiger partial charge in [0.1, 0.15) is 0 Å². The fourth-order valence-electron chi connectivity index (χ4n) is 3.71. The number of alkyl halides is 1. The number of benzene rings is 1. The van der Waals surface area contributed by atoms with Crippen molar-refractivity contribution in [2.45, 2.75) is 55.4 Å². The van der Waals surface area contributed by atoms with Gasteiger partial charge in [0, 0.05) is 17.9 Å². The van der Waals surface area contributed by atoms with Gasteiger partial charge in [-0.3, -0.25) is 0 Å². The van der Waals surface area contributed by atoms with E-state index in [2.05, 4.69) is 30.3 Å². The number of ether oxygens (including phenoxy) is 1. The van der Waals surface area contributed by atoms with Crippen LogP contribution in [0.25, 0.3) is 0 Å². The molecule has 1 heterocycles. The van der Waals surface area contributed by atoms with Crippen molar-refractivity contribution in [2.24, 2.45) is 0 Å². The minimum atomic E-state index is 0.0181. The Balaban J connectivity index is 1.90. The van der Waals surface area contributed by atoms with Crippen molar-refractivity contribution in [2.75, 3.05) is 6.61 Å². The van der Waals surface area contributed by atoms with Crippen LogP contribution in [-0.2, 0) is 4.74 Å². The maximum absolute atomic E-state index is 6.41. The molecule has 1 saturated heterocycles. The Morgan fingerprint density at radius 2 is 1.94 bits per heavy atom. The van der Waals surface area contributed by atoms with Gasteiger partial charge >= 0.3 is 0 Å². The van der Waals surface area contributed by atoms with E-state index in [1.54, 1.807) is 0 Å². The normalized spacial score (nSPS) is 36.7. The Hall–Kier alpha value is -0.530. The molecule has 1 spiro atoms. The quantitative estimate of drug-likeness (QED) is 0.679. The van der Waals surface area contributed by atoms with E-state index >= 15 is 0 Å². The summed E-state index contributed by atoms with van der Waals surface area (Å²) < 4.78 is 6.26. The highest BCUT2D eigenvalue weighted by Crippen LogP contribution is 2.48. The zero-order valence-electron chi connectivity index (χ0n) is 10.8. The van der Waals surface area contributed by atoms with Crippen molar-refractivity contribution in [3.05, 3.63) is 35.9 Å². The van der Waals surface area contributed by atoms with Gasteiger partial charge in [-0.25, -0.2) is 0 Å². The minimum absolute atomic E-state index is 0.0181. The van der Waals surface area contributed by atoms with E-state index in [0.29, 0.717) is 11.3 Å². The SMILES string of the molecule is ClC1CCOC2(CCCCC2c2ccccc2)C1. The largest absolute Gasteiger partial charge is 0.374 e. The highest BCUT2D eigenvalue weighted by Gasteiger charge is 2.45. The summed E-state index contributed by atoms with van der Waals surface area (Å²) in [5.74, 6) is 0.536. The Kier molecular flexibility index (Phi) is 3.63. The lowest BCUT2D eigenvalue weighted by Crippen LogP contribution is -2.47. The number of hydrogen-bond donors (Lipinski definition) is 0. The van der Waals surface area contributed by atoms with Gasteiger partial charge in [-0.05, 0) is 31.2 Å². The lowest BCUT2D eigenvalue weighted by Gasteiger charge is -2.48. The molecule has 2 heteroatoms. The molecule has 3 atom stereocenters. The van der Waals surface area contributed by atoms with Crippen molar-refractivity contribution < 1.29 is 4.74 Å². The maximum atomic E-state index is 6.41. The molecule has 2 aliphatic rings. The first-order valence-corrected chi connectivity index (χ1v) is 7.57. The molecule has 0 aromatic heterocycles. The van der Waals surface area contributed by atoms with Crippen LogP contribution in [0.15, 0.2) is 30.3 Å². The third-order valence-corrected chi connectivity index (χ3v) is 4.94. The predicted molar refractivity (Wildman–Crippen MR) is 75.2 cm³/mol. The monoisotopic (exact) mass is 264 g/mol. The van der Waals surface area contributed by atoms with Crippen LogP contribution < -0.4 is 0 Å². The van der Waals surface area contributed by atoms with E-state index in [1.165, 1.54) is 31.2 Å². The number of hydrogen-bond acceptors (Lipinski definition) is 1. The Morgan fingerprint density at radius 1 is 1.11 bits per heavy atom. The van der Waals surface area contributed by atoms with Crippen LogP contribution in [-0.4, -0.2) is 17.6 Å². The molecule has 0 N–H and O–H groups in total. The van der Waals surface area contributed by atoms with Crippen molar-refractivity contribution in [1.82, 2.24) is 0 Å². The maximum Gasteiger partial charge on any atom is 0.0764 e. The topological polar surface area (TPSA) is 9.23 Å². The fourth-order valence-corrected chi connectivity index (χ4v) is 4.06. The van der Waals surface area contributed by atoms with Gasteiger partial charge in [0.15, 0.2) is 0 Å². The standard InChI is InChI=1S/C16H21ClO/c17-14-9-11-18-16(12-14)10-5-4-8-15(16)13-6-2-1-3-7-13/h1-3,6-7,14-15H,4-5,8-12H2. The Bertz CT molecular complexity index is 387. The summed E-state index contributed by atoms with van der Waals surface area (Å²) in [4.78, 5) is 0. The van der Waals surface area contributed by atoms with Crippen LogP contribution in [0.2, 0.25) is 0 Å². The molecule has 2 fully saturated rings. The fraction of sp³-hybridized carbons (Fsp3) is 0.625. The summed E-state index contributed by atoms with van der Waals surface area (Å²) in [7, 11) is 0. The lowest BCUT2D eigenvalue weighted by atomic mass is 9.69. The summed E-state index contributed by atoms with van der Waals surface area (Å²) in [6.07, 6.45) is 7.05. The first-order chi connectivity index (χ1) is 8.80. The van der Waals surface area contributed by atoms with E-state index < -0.39 is 0 Å². The molecular weight excluding hydrogens is 244 g/mol. The second-order valence-corrected chi connectivity index (χ2v) is 6.33. The van der Waals surface area contributed by atoms with E-state index in [1.807, 2.05) is 0 Å². The molecule has 0 amide bonds. The highest BCUT2D eigenvalue weighted by molar-refractivity contribution is 6.20. The van der Waals surface area contributed by atoms with E-state index in [4.69, 9.17) is 16.3 Å². The van der Waals surface area contributed by atoms with Crippen LogP contribution in [0.5, 0.6) is 0 Å². The summed E-state index contributed by atoms with van der Waals surface area (Å²) in [6, 6.07) is 10.9. The first kappa shape index (κ1) is 12.5. The smallest absolute Gasteiger partial charge is 0.0764 e. The Morgan fingerprint density at radius 3 is 2.72 bits per heavy atom. The molecule has 1 aromatic carbocycles. The zero-order chi connectivity index (χ0) is 12.4. The average Bonchev–Trinajstić information content (AvgIpc) is 2.40. The van der Waals surface area contributed by atoms with Gasteiger partial charge < -0.3 is 4.74 Å². The molecule has 1 aliphatic carbocycles. The summed E-state index contributed by atoms with van der Waals surface area (Å²) in [6.45, 7) is 0.831. The Labute approximate surface area is 114 Å². The van der Waals surface area contributed by atoms with Crippen LogP contribution >= 0.6 is 11.6 Å². The third-order valence-electron chi connectivity index (χ3n) is 4.57. The van der Waals surface area contributed by atoms with Gasteiger partial charge in [-0.2, -0.15) is 0 Å².